The van der Waals surface area contributed by atoms with Crippen molar-refractivity contribution >= 4 is 0 Å². The Kier molecular flexibility index (Phi) is 3.56. The highest BCUT2D eigenvalue weighted by Crippen LogP contribution is 2.26. The fraction of sp³-hybridized carbons (Fsp3) is 0.333. The average molecular weight is 176 g/mol. The standard InChI is InChI=1S/C12H16O/c1-4-7-10(2)11-8-5-6-9-12(11)13-3/h4-10H,1-3H3/b7-4-. The Morgan fingerprint density at radius 1 is 1.31 bits per heavy atom. The summed E-state index contributed by atoms with van der Waals surface area (Å²) in [6.45, 7) is 4.20. The summed E-state index contributed by atoms with van der Waals surface area (Å²) in [4.78, 5) is 0. The molecule has 0 aliphatic heterocycles. The molecule has 0 heterocycles. The van der Waals surface area contributed by atoms with Crippen molar-refractivity contribution in [2.75, 3.05) is 7.11 Å². The Labute approximate surface area is 80.0 Å². The van der Waals surface area contributed by atoms with Gasteiger partial charge in [0.05, 0.1) is 7.11 Å². The zero-order valence-electron chi connectivity index (χ0n) is 8.45. The molecule has 70 valence electrons. The Morgan fingerprint density at radius 3 is 2.62 bits per heavy atom. The third kappa shape index (κ3) is 2.35. The van der Waals surface area contributed by atoms with Gasteiger partial charge in [-0.2, -0.15) is 0 Å². The summed E-state index contributed by atoms with van der Waals surface area (Å²) in [7, 11) is 1.71. The van der Waals surface area contributed by atoms with E-state index in [-0.39, 0.29) is 0 Å². The maximum Gasteiger partial charge on any atom is 0.122 e. The second kappa shape index (κ2) is 4.70. The van der Waals surface area contributed by atoms with Crippen molar-refractivity contribution in [1.29, 1.82) is 0 Å². The molecule has 0 saturated heterocycles. The average Bonchev–Trinajstić information content (AvgIpc) is 2.18. The van der Waals surface area contributed by atoms with Crippen molar-refractivity contribution in [3.63, 3.8) is 0 Å². The van der Waals surface area contributed by atoms with Crippen molar-refractivity contribution in [2.24, 2.45) is 0 Å². The van der Waals surface area contributed by atoms with Crippen molar-refractivity contribution in [1.82, 2.24) is 0 Å². The molecule has 0 spiro atoms. The zero-order valence-corrected chi connectivity index (χ0v) is 8.45. The van der Waals surface area contributed by atoms with Gasteiger partial charge in [0.15, 0.2) is 0 Å². The minimum Gasteiger partial charge on any atom is -0.496 e. The van der Waals surface area contributed by atoms with Crippen LogP contribution in [0.25, 0.3) is 0 Å². The molecule has 0 fully saturated rings. The predicted molar refractivity (Wildman–Crippen MR) is 56.2 cm³/mol. The normalized spacial score (nSPS) is 13.2. The van der Waals surface area contributed by atoms with Crippen LogP contribution in [0.1, 0.15) is 25.3 Å². The second-order valence-electron chi connectivity index (χ2n) is 3.06. The molecule has 0 aliphatic carbocycles. The molecule has 13 heavy (non-hydrogen) atoms. The lowest BCUT2D eigenvalue weighted by Crippen LogP contribution is -1.94. The van der Waals surface area contributed by atoms with Crippen LogP contribution >= 0.6 is 0 Å². The number of rotatable bonds is 3. The number of benzene rings is 1. The number of ether oxygens (including phenoxy) is 1. The first kappa shape index (κ1) is 9.85. The number of allylic oxidation sites excluding steroid dienone is 2. The summed E-state index contributed by atoms with van der Waals surface area (Å²) >= 11 is 0. The van der Waals surface area contributed by atoms with Crippen molar-refractivity contribution in [3.8, 4) is 5.75 Å². The van der Waals surface area contributed by atoms with Gasteiger partial charge in [0, 0.05) is 11.5 Å². The molecule has 1 atom stereocenters. The number of hydrogen-bond acceptors (Lipinski definition) is 1. The van der Waals surface area contributed by atoms with Gasteiger partial charge in [-0.05, 0) is 13.0 Å². The molecule has 1 heteroatoms. The van der Waals surface area contributed by atoms with Crippen LogP contribution in [0, 0.1) is 0 Å². The number of methoxy groups -OCH3 is 1. The van der Waals surface area contributed by atoms with Crippen molar-refractivity contribution in [2.45, 2.75) is 19.8 Å². The fourth-order valence-corrected chi connectivity index (χ4v) is 1.43. The molecule has 0 amide bonds. The van der Waals surface area contributed by atoms with E-state index in [1.54, 1.807) is 7.11 Å². The molecule has 0 aromatic heterocycles. The first-order valence-corrected chi connectivity index (χ1v) is 4.55. The van der Waals surface area contributed by atoms with E-state index in [4.69, 9.17) is 4.74 Å². The van der Waals surface area contributed by atoms with Crippen molar-refractivity contribution < 1.29 is 4.74 Å². The van der Waals surface area contributed by atoms with Crippen LogP contribution < -0.4 is 4.74 Å². The number of para-hydroxylation sites is 1. The van der Waals surface area contributed by atoms with E-state index in [0.29, 0.717) is 5.92 Å². The van der Waals surface area contributed by atoms with E-state index in [0.717, 1.165) is 5.75 Å². The molecule has 1 aromatic carbocycles. The van der Waals surface area contributed by atoms with Crippen LogP contribution in [-0.2, 0) is 0 Å². The summed E-state index contributed by atoms with van der Waals surface area (Å²) < 4.78 is 5.28. The molecule has 1 unspecified atom stereocenters. The quantitative estimate of drug-likeness (QED) is 0.641. The van der Waals surface area contributed by atoms with Gasteiger partial charge in [0.1, 0.15) is 5.75 Å². The second-order valence-corrected chi connectivity index (χ2v) is 3.06. The van der Waals surface area contributed by atoms with Crippen LogP contribution in [0.3, 0.4) is 0 Å². The SMILES string of the molecule is C/C=C\C(C)c1ccccc1OC. The number of hydrogen-bond donors (Lipinski definition) is 0. The minimum atomic E-state index is 0.418. The molecule has 1 rings (SSSR count). The Hall–Kier alpha value is -1.24. The summed E-state index contributed by atoms with van der Waals surface area (Å²) in [6, 6.07) is 8.13. The molecular weight excluding hydrogens is 160 g/mol. The maximum atomic E-state index is 5.28. The smallest absolute Gasteiger partial charge is 0.122 e. The highest BCUT2D eigenvalue weighted by molar-refractivity contribution is 5.37. The minimum absolute atomic E-state index is 0.418. The van der Waals surface area contributed by atoms with Gasteiger partial charge in [0.25, 0.3) is 0 Å². The molecule has 0 bridgehead atoms. The maximum absolute atomic E-state index is 5.28. The molecule has 0 saturated carbocycles. The third-order valence-electron chi connectivity index (χ3n) is 2.11. The molecular formula is C12H16O. The summed E-state index contributed by atoms with van der Waals surface area (Å²) in [6.07, 6.45) is 4.23. The van der Waals surface area contributed by atoms with E-state index >= 15 is 0 Å². The van der Waals surface area contributed by atoms with E-state index < -0.39 is 0 Å². The van der Waals surface area contributed by atoms with Gasteiger partial charge in [0.2, 0.25) is 0 Å². The van der Waals surface area contributed by atoms with Crippen LogP contribution in [-0.4, -0.2) is 7.11 Å². The lowest BCUT2D eigenvalue weighted by molar-refractivity contribution is 0.408. The third-order valence-corrected chi connectivity index (χ3v) is 2.11. The topological polar surface area (TPSA) is 9.23 Å². The zero-order chi connectivity index (χ0) is 9.68. The van der Waals surface area contributed by atoms with Crippen LogP contribution in [0.5, 0.6) is 5.75 Å². The Bertz CT molecular complexity index is 289. The van der Waals surface area contributed by atoms with Crippen molar-refractivity contribution in [3.05, 3.63) is 42.0 Å². The van der Waals surface area contributed by atoms with Gasteiger partial charge in [-0.1, -0.05) is 37.3 Å². The summed E-state index contributed by atoms with van der Waals surface area (Å²) in [5, 5.41) is 0. The van der Waals surface area contributed by atoms with Gasteiger partial charge in [-0.3, -0.25) is 0 Å². The Balaban J connectivity index is 2.98. The van der Waals surface area contributed by atoms with Gasteiger partial charge < -0.3 is 4.74 Å². The molecule has 0 N–H and O–H groups in total. The highest BCUT2D eigenvalue weighted by Gasteiger charge is 2.06. The molecule has 0 radical (unpaired) electrons. The van der Waals surface area contributed by atoms with E-state index in [1.807, 2.05) is 25.1 Å². The van der Waals surface area contributed by atoms with Crippen LogP contribution in [0.15, 0.2) is 36.4 Å². The lowest BCUT2D eigenvalue weighted by atomic mass is 10.00. The first-order chi connectivity index (χ1) is 6.29. The predicted octanol–water partition coefficient (Wildman–Crippen LogP) is 3.37. The first-order valence-electron chi connectivity index (χ1n) is 4.55. The van der Waals surface area contributed by atoms with Crippen LogP contribution in [0.4, 0.5) is 0 Å². The molecule has 1 nitrogen and oxygen atoms in total. The van der Waals surface area contributed by atoms with E-state index in [2.05, 4.69) is 25.1 Å². The Morgan fingerprint density at radius 2 is 2.00 bits per heavy atom. The molecule has 0 aliphatic rings. The molecule has 1 aromatic rings. The van der Waals surface area contributed by atoms with E-state index in [9.17, 15) is 0 Å². The van der Waals surface area contributed by atoms with Gasteiger partial charge in [-0.15, -0.1) is 0 Å². The van der Waals surface area contributed by atoms with Gasteiger partial charge in [-0.25, -0.2) is 0 Å². The lowest BCUT2D eigenvalue weighted by Gasteiger charge is -2.11. The highest BCUT2D eigenvalue weighted by atomic mass is 16.5. The van der Waals surface area contributed by atoms with E-state index in [1.165, 1.54) is 5.56 Å². The monoisotopic (exact) mass is 176 g/mol. The largest absolute Gasteiger partial charge is 0.496 e. The summed E-state index contributed by atoms with van der Waals surface area (Å²) in [5.74, 6) is 1.38. The summed E-state index contributed by atoms with van der Waals surface area (Å²) in [5.41, 5.74) is 1.24. The fourth-order valence-electron chi connectivity index (χ4n) is 1.43. The van der Waals surface area contributed by atoms with Crippen LogP contribution in [0.2, 0.25) is 0 Å². The van der Waals surface area contributed by atoms with Gasteiger partial charge >= 0.3 is 0 Å².